The molecule has 6 nitrogen and oxygen atoms in total. The van der Waals surface area contributed by atoms with Gasteiger partial charge < -0.3 is 5.32 Å². The summed E-state index contributed by atoms with van der Waals surface area (Å²) in [6.07, 6.45) is 3.96. The molecular weight excluding hydrogens is 369 g/mol. The van der Waals surface area contributed by atoms with Gasteiger partial charge in [0.2, 0.25) is 0 Å². The SMILES string of the molecule is CCC(NC(=O)c1ncn2c(C)cc(-c3ccccn3)nc12)c1ccc(F)cc1. The first-order valence-electron chi connectivity index (χ1n) is 9.39. The molecule has 1 unspecified atom stereocenters. The number of imidazole rings is 1. The van der Waals surface area contributed by atoms with E-state index >= 15 is 0 Å². The number of aryl methyl sites for hydroxylation is 1. The smallest absolute Gasteiger partial charge is 0.274 e. The lowest BCUT2D eigenvalue weighted by Crippen LogP contribution is -2.28. The normalized spacial score (nSPS) is 12.1. The maximum Gasteiger partial charge on any atom is 0.274 e. The molecule has 3 aromatic heterocycles. The van der Waals surface area contributed by atoms with E-state index in [-0.39, 0.29) is 23.5 Å². The number of carbonyl (C=O) groups excluding carboxylic acids is 1. The number of hydrogen-bond acceptors (Lipinski definition) is 4. The standard InChI is InChI=1S/C22H20FN5O/c1-3-17(15-7-9-16(23)10-8-15)27-22(29)20-21-26-19(18-6-4-5-11-24-18)12-14(2)28(21)13-25-20/h4-13,17H,3H2,1-2H3,(H,27,29). The molecule has 0 saturated heterocycles. The number of nitrogens with one attached hydrogen (secondary N) is 1. The van der Waals surface area contributed by atoms with Crippen LogP contribution in [0.4, 0.5) is 4.39 Å². The van der Waals surface area contributed by atoms with E-state index in [9.17, 15) is 9.18 Å². The van der Waals surface area contributed by atoms with Gasteiger partial charge >= 0.3 is 0 Å². The molecule has 7 heteroatoms. The molecule has 0 fully saturated rings. The topological polar surface area (TPSA) is 72.2 Å². The molecule has 0 aliphatic rings. The van der Waals surface area contributed by atoms with Crippen LogP contribution in [0.5, 0.6) is 0 Å². The first-order valence-corrected chi connectivity index (χ1v) is 9.39. The Morgan fingerprint density at radius 2 is 1.93 bits per heavy atom. The first-order chi connectivity index (χ1) is 14.1. The van der Waals surface area contributed by atoms with E-state index in [0.717, 1.165) is 17.0 Å². The molecule has 0 aliphatic carbocycles. The summed E-state index contributed by atoms with van der Waals surface area (Å²) in [6, 6.07) is 13.4. The molecule has 4 aromatic rings. The van der Waals surface area contributed by atoms with Gasteiger partial charge in [-0.25, -0.2) is 14.4 Å². The second-order valence-electron chi connectivity index (χ2n) is 6.77. The van der Waals surface area contributed by atoms with Crippen molar-refractivity contribution >= 4 is 11.6 Å². The summed E-state index contributed by atoms with van der Waals surface area (Å²) in [5.74, 6) is -0.634. The van der Waals surface area contributed by atoms with Crippen LogP contribution in [0.1, 0.15) is 41.1 Å². The Labute approximate surface area is 167 Å². The third kappa shape index (κ3) is 3.71. The van der Waals surface area contributed by atoms with E-state index < -0.39 is 0 Å². The lowest BCUT2D eigenvalue weighted by Gasteiger charge is -2.17. The number of rotatable bonds is 5. The van der Waals surface area contributed by atoms with Crippen LogP contribution in [-0.2, 0) is 0 Å². The molecule has 1 amide bonds. The fraction of sp³-hybridized carbons (Fsp3) is 0.182. The zero-order chi connectivity index (χ0) is 20.4. The van der Waals surface area contributed by atoms with E-state index in [0.29, 0.717) is 17.8 Å². The summed E-state index contributed by atoms with van der Waals surface area (Å²) in [5, 5.41) is 2.98. The van der Waals surface area contributed by atoms with Crippen molar-refractivity contribution in [3.63, 3.8) is 0 Å². The van der Waals surface area contributed by atoms with Crippen LogP contribution in [0, 0.1) is 12.7 Å². The number of benzene rings is 1. The summed E-state index contributed by atoms with van der Waals surface area (Å²) in [4.78, 5) is 26.2. The van der Waals surface area contributed by atoms with Gasteiger partial charge in [0.05, 0.1) is 17.4 Å². The summed E-state index contributed by atoms with van der Waals surface area (Å²) < 4.78 is 15.0. The minimum atomic E-state index is -0.325. The Balaban J connectivity index is 1.68. The highest BCUT2D eigenvalue weighted by atomic mass is 19.1. The highest BCUT2D eigenvalue weighted by molar-refractivity contribution is 5.98. The van der Waals surface area contributed by atoms with Crippen molar-refractivity contribution in [2.24, 2.45) is 0 Å². The molecule has 1 atom stereocenters. The van der Waals surface area contributed by atoms with Gasteiger partial charge in [0.1, 0.15) is 12.1 Å². The van der Waals surface area contributed by atoms with Crippen molar-refractivity contribution in [3.05, 3.63) is 83.8 Å². The third-order valence-corrected chi connectivity index (χ3v) is 4.82. The van der Waals surface area contributed by atoms with Gasteiger partial charge in [0, 0.05) is 11.9 Å². The number of hydrogen-bond donors (Lipinski definition) is 1. The molecule has 1 N–H and O–H groups in total. The minimum Gasteiger partial charge on any atom is -0.344 e. The molecule has 146 valence electrons. The Hall–Kier alpha value is -3.61. The van der Waals surface area contributed by atoms with Crippen LogP contribution >= 0.6 is 0 Å². The monoisotopic (exact) mass is 389 g/mol. The average Bonchev–Trinajstić information content (AvgIpc) is 3.18. The van der Waals surface area contributed by atoms with E-state index in [4.69, 9.17) is 0 Å². The maximum atomic E-state index is 13.2. The predicted molar refractivity (Wildman–Crippen MR) is 108 cm³/mol. The number of halogens is 1. The van der Waals surface area contributed by atoms with Crippen LogP contribution in [0.15, 0.2) is 61.1 Å². The van der Waals surface area contributed by atoms with Crippen molar-refractivity contribution in [2.45, 2.75) is 26.3 Å². The number of aromatic nitrogens is 4. The third-order valence-electron chi connectivity index (χ3n) is 4.82. The largest absolute Gasteiger partial charge is 0.344 e. The van der Waals surface area contributed by atoms with Crippen LogP contribution in [0.2, 0.25) is 0 Å². The van der Waals surface area contributed by atoms with E-state index in [1.54, 1.807) is 29.1 Å². The van der Waals surface area contributed by atoms with Gasteiger partial charge in [0.25, 0.3) is 5.91 Å². The lowest BCUT2D eigenvalue weighted by atomic mass is 10.0. The number of carbonyl (C=O) groups is 1. The van der Waals surface area contributed by atoms with Crippen molar-refractivity contribution in [1.82, 2.24) is 24.7 Å². The molecule has 1 aromatic carbocycles. The number of nitrogens with zero attached hydrogens (tertiary/aromatic N) is 4. The van der Waals surface area contributed by atoms with Gasteiger partial charge in [-0.15, -0.1) is 0 Å². The van der Waals surface area contributed by atoms with Crippen LogP contribution in [-0.4, -0.2) is 25.3 Å². The number of pyridine rings is 1. The molecule has 0 saturated carbocycles. The Bertz CT molecular complexity index is 1160. The molecular formula is C22H20FN5O. The van der Waals surface area contributed by atoms with Crippen LogP contribution in [0.25, 0.3) is 17.0 Å². The first kappa shape index (κ1) is 18.7. The average molecular weight is 389 g/mol. The van der Waals surface area contributed by atoms with Crippen LogP contribution < -0.4 is 5.32 Å². The lowest BCUT2D eigenvalue weighted by molar-refractivity contribution is 0.0932. The Kier molecular flexibility index (Phi) is 5.03. The zero-order valence-electron chi connectivity index (χ0n) is 16.1. The van der Waals surface area contributed by atoms with E-state index in [1.807, 2.05) is 38.1 Å². The fourth-order valence-corrected chi connectivity index (χ4v) is 3.27. The highest BCUT2D eigenvalue weighted by Gasteiger charge is 2.20. The van der Waals surface area contributed by atoms with Gasteiger partial charge in [-0.3, -0.25) is 14.2 Å². The second-order valence-corrected chi connectivity index (χ2v) is 6.77. The molecule has 29 heavy (non-hydrogen) atoms. The van der Waals surface area contributed by atoms with Gasteiger partial charge in [0.15, 0.2) is 11.3 Å². The quantitative estimate of drug-likeness (QED) is 0.557. The van der Waals surface area contributed by atoms with Gasteiger partial charge in [-0.1, -0.05) is 25.1 Å². The Morgan fingerprint density at radius 3 is 2.62 bits per heavy atom. The fourth-order valence-electron chi connectivity index (χ4n) is 3.27. The van der Waals surface area contributed by atoms with E-state index in [1.165, 1.54) is 12.1 Å². The number of amides is 1. The molecule has 0 radical (unpaired) electrons. The maximum absolute atomic E-state index is 13.2. The van der Waals surface area contributed by atoms with Crippen molar-refractivity contribution < 1.29 is 9.18 Å². The molecule has 0 bridgehead atoms. The minimum absolute atomic E-state index is 0.242. The molecule has 3 heterocycles. The highest BCUT2D eigenvalue weighted by Crippen LogP contribution is 2.21. The van der Waals surface area contributed by atoms with Crippen molar-refractivity contribution in [1.29, 1.82) is 0 Å². The van der Waals surface area contributed by atoms with Gasteiger partial charge in [-0.05, 0) is 49.2 Å². The summed E-state index contributed by atoms with van der Waals surface area (Å²) >= 11 is 0. The number of fused-ring (bicyclic) bond motifs is 1. The molecule has 0 aliphatic heterocycles. The van der Waals surface area contributed by atoms with E-state index in [2.05, 4.69) is 20.3 Å². The molecule has 4 rings (SSSR count). The Morgan fingerprint density at radius 1 is 1.14 bits per heavy atom. The summed E-state index contributed by atoms with van der Waals surface area (Å²) in [6.45, 7) is 3.89. The van der Waals surface area contributed by atoms with Gasteiger partial charge in [-0.2, -0.15) is 0 Å². The molecule has 0 spiro atoms. The predicted octanol–water partition coefficient (Wildman–Crippen LogP) is 4.12. The van der Waals surface area contributed by atoms with Crippen molar-refractivity contribution in [3.8, 4) is 11.4 Å². The second kappa shape index (κ2) is 7.79. The van der Waals surface area contributed by atoms with Crippen molar-refractivity contribution in [2.75, 3.05) is 0 Å². The summed E-state index contributed by atoms with van der Waals surface area (Å²) in [7, 11) is 0. The zero-order valence-corrected chi connectivity index (χ0v) is 16.1. The van der Waals surface area contributed by atoms with Crippen LogP contribution in [0.3, 0.4) is 0 Å². The summed E-state index contributed by atoms with van der Waals surface area (Å²) in [5.41, 5.74) is 3.85.